The summed E-state index contributed by atoms with van der Waals surface area (Å²) < 4.78 is 5.49. The molecule has 0 aliphatic carbocycles. The lowest BCUT2D eigenvalue weighted by atomic mass is 10.0. The predicted molar refractivity (Wildman–Crippen MR) is 315 cm³/mol. The number of aliphatic hydroxyl groups excluding tert-OH is 2. The molecule has 3 N–H and O–H groups in total. The van der Waals surface area contributed by atoms with Crippen LogP contribution in [0.2, 0.25) is 0 Å². The van der Waals surface area contributed by atoms with Crippen LogP contribution in [0.3, 0.4) is 0 Å². The Morgan fingerprint density at radius 1 is 0.375 bits per heavy atom. The van der Waals surface area contributed by atoms with Gasteiger partial charge in [-0.05, 0) is 51.4 Å². The monoisotopic (exact) mass is 1020 g/mol. The van der Waals surface area contributed by atoms with Gasteiger partial charge in [0.1, 0.15) is 0 Å². The number of rotatable bonds is 62. The summed E-state index contributed by atoms with van der Waals surface area (Å²) in [7, 11) is 0. The van der Waals surface area contributed by atoms with Crippen molar-refractivity contribution in [2.24, 2.45) is 0 Å². The number of carbonyl (C=O) groups excluding carboxylic acids is 2. The third kappa shape index (κ3) is 57.9. The van der Waals surface area contributed by atoms with Gasteiger partial charge in [0.2, 0.25) is 5.91 Å². The number of unbranched alkanes of at least 4 members (excludes halogenated alkanes) is 49. The molecule has 1 amide bonds. The molecule has 72 heavy (non-hydrogen) atoms. The second kappa shape index (κ2) is 62.1. The van der Waals surface area contributed by atoms with E-state index in [9.17, 15) is 19.8 Å². The van der Waals surface area contributed by atoms with E-state index < -0.39 is 12.1 Å². The van der Waals surface area contributed by atoms with Crippen LogP contribution >= 0.6 is 0 Å². The zero-order valence-corrected chi connectivity index (χ0v) is 48.9. The van der Waals surface area contributed by atoms with E-state index in [1.807, 2.05) is 0 Å². The highest BCUT2D eigenvalue weighted by molar-refractivity contribution is 5.76. The molecule has 0 aromatic carbocycles. The summed E-state index contributed by atoms with van der Waals surface area (Å²) in [5.41, 5.74) is 0. The summed E-state index contributed by atoms with van der Waals surface area (Å²) in [6.07, 6.45) is 75.2. The number of ether oxygens (including phenoxy) is 1. The molecule has 0 saturated carbocycles. The third-order valence-corrected chi connectivity index (χ3v) is 15.6. The molecule has 0 saturated heterocycles. The Bertz CT molecular complexity index is 1080. The molecule has 2 unspecified atom stereocenters. The Labute approximate surface area is 450 Å². The Kier molecular flexibility index (Phi) is 60.9. The van der Waals surface area contributed by atoms with Crippen LogP contribution in [0.15, 0.2) is 12.2 Å². The van der Waals surface area contributed by atoms with Crippen molar-refractivity contribution < 1.29 is 24.5 Å². The van der Waals surface area contributed by atoms with Gasteiger partial charge in [0.05, 0.1) is 25.4 Å². The van der Waals surface area contributed by atoms with E-state index in [1.54, 1.807) is 0 Å². The fraction of sp³-hybridized carbons (Fsp3) is 0.939. The summed E-state index contributed by atoms with van der Waals surface area (Å²) in [5, 5.41) is 23.3. The van der Waals surface area contributed by atoms with E-state index >= 15 is 0 Å². The molecule has 0 fully saturated rings. The Balaban J connectivity index is 3.35. The lowest BCUT2D eigenvalue weighted by molar-refractivity contribution is -0.143. The molecule has 428 valence electrons. The van der Waals surface area contributed by atoms with Gasteiger partial charge in [-0.2, -0.15) is 0 Å². The van der Waals surface area contributed by atoms with E-state index in [4.69, 9.17) is 4.74 Å². The molecule has 0 heterocycles. The minimum Gasteiger partial charge on any atom is -0.466 e. The van der Waals surface area contributed by atoms with Gasteiger partial charge >= 0.3 is 5.97 Å². The molecule has 0 aromatic heterocycles. The first kappa shape index (κ1) is 70.6. The molecule has 2 atom stereocenters. The molecule has 0 bridgehead atoms. The highest BCUT2D eigenvalue weighted by Crippen LogP contribution is 2.19. The van der Waals surface area contributed by atoms with Crippen molar-refractivity contribution in [3.8, 4) is 0 Å². The minimum absolute atomic E-state index is 0.00894. The number of hydrogen-bond donors (Lipinski definition) is 3. The maximum Gasteiger partial charge on any atom is 0.305 e. The number of nitrogens with one attached hydrogen (secondary N) is 1. The standard InChI is InChI=1S/C66H129NO5/c1-3-5-7-9-11-13-15-17-19-32-36-40-44-48-52-56-60-66(71)72-61-57-53-49-45-41-37-33-29-27-25-23-21-20-22-24-26-28-31-35-39-43-47-51-55-59-65(70)67-63(62-68)64(69)58-54-50-46-42-38-34-30-18-16-14-12-10-8-6-4-2/h19,32,63-64,68-69H,3-18,20-31,33-62H2,1-2H3,(H,67,70)/b32-19-. The highest BCUT2D eigenvalue weighted by Gasteiger charge is 2.20. The van der Waals surface area contributed by atoms with E-state index in [0.29, 0.717) is 25.9 Å². The topological polar surface area (TPSA) is 95.9 Å². The van der Waals surface area contributed by atoms with E-state index in [0.717, 1.165) is 44.9 Å². The average Bonchev–Trinajstić information content (AvgIpc) is 3.38. The fourth-order valence-corrected chi connectivity index (χ4v) is 10.5. The minimum atomic E-state index is -0.663. The quantitative estimate of drug-likeness (QED) is 0.0320. The zero-order chi connectivity index (χ0) is 52.2. The van der Waals surface area contributed by atoms with Crippen LogP contribution < -0.4 is 5.32 Å². The van der Waals surface area contributed by atoms with Crippen LogP contribution in [0.4, 0.5) is 0 Å². The highest BCUT2D eigenvalue weighted by atomic mass is 16.5. The van der Waals surface area contributed by atoms with Crippen molar-refractivity contribution in [2.75, 3.05) is 13.2 Å². The van der Waals surface area contributed by atoms with Crippen molar-refractivity contribution in [3.05, 3.63) is 12.2 Å². The van der Waals surface area contributed by atoms with Gasteiger partial charge in [0, 0.05) is 12.8 Å². The van der Waals surface area contributed by atoms with Gasteiger partial charge in [0.25, 0.3) is 0 Å². The number of allylic oxidation sites excluding steroid dienone is 2. The van der Waals surface area contributed by atoms with Crippen molar-refractivity contribution >= 4 is 11.9 Å². The second-order valence-corrected chi connectivity index (χ2v) is 22.8. The maximum atomic E-state index is 12.5. The lowest BCUT2D eigenvalue weighted by Gasteiger charge is -2.22. The largest absolute Gasteiger partial charge is 0.466 e. The maximum absolute atomic E-state index is 12.5. The summed E-state index contributed by atoms with van der Waals surface area (Å²) in [4.78, 5) is 24.6. The Hall–Kier alpha value is -1.40. The summed E-state index contributed by atoms with van der Waals surface area (Å²) in [5.74, 6) is -0.0221. The number of esters is 1. The van der Waals surface area contributed by atoms with E-state index in [-0.39, 0.29) is 18.5 Å². The second-order valence-electron chi connectivity index (χ2n) is 22.8. The number of aliphatic hydroxyl groups is 2. The number of hydrogen-bond acceptors (Lipinski definition) is 5. The predicted octanol–water partition coefficient (Wildman–Crippen LogP) is 20.8. The molecule has 0 aromatic rings. The zero-order valence-electron chi connectivity index (χ0n) is 48.9. The number of carbonyl (C=O) groups is 2. The average molecular weight is 1020 g/mol. The first-order chi connectivity index (χ1) is 35.5. The van der Waals surface area contributed by atoms with Gasteiger partial charge < -0.3 is 20.3 Å². The van der Waals surface area contributed by atoms with Gasteiger partial charge in [-0.1, -0.05) is 321 Å². The van der Waals surface area contributed by atoms with E-state index in [1.165, 1.54) is 295 Å². The smallest absolute Gasteiger partial charge is 0.305 e. The molecule has 0 rings (SSSR count). The van der Waals surface area contributed by atoms with Crippen LogP contribution in [0, 0.1) is 0 Å². The van der Waals surface area contributed by atoms with Crippen molar-refractivity contribution in [1.29, 1.82) is 0 Å². The van der Waals surface area contributed by atoms with Gasteiger partial charge in [0.15, 0.2) is 0 Å². The molecule has 0 aliphatic heterocycles. The third-order valence-electron chi connectivity index (χ3n) is 15.6. The normalized spacial score (nSPS) is 12.6. The fourth-order valence-electron chi connectivity index (χ4n) is 10.5. The molecule has 6 nitrogen and oxygen atoms in total. The van der Waals surface area contributed by atoms with Crippen LogP contribution in [0.1, 0.15) is 373 Å². The Morgan fingerprint density at radius 2 is 0.653 bits per heavy atom. The Morgan fingerprint density at radius 3 is 0.986 bits per heavy atom. The lowest BCUT2D eigenvalue weighted by Crippen LogP contribution is -2.45. The molecule has 0 aliphatic rings. The van der Waals surface area contributed by atoms with Crippen LogP contribution in [0.25, 0.3) is 0 Å². The van der Waals surface area contributed by atoms with Crippen molar-refractivity contribution in [1.82, 2.24) is 5.32 Å². The first-order valence-electron chi connectivity index (χ1n) is 32.9. The summed E-state index contributed by atoms with van der Waals surface area (Å²) >= 11 is 0. The molecular weight excluding hydrogens is 887 g/mol. The van der Waals surface area contributed by atoms with E-state index in [2.05, 4.69) is 31.3 Å². The van der Waals surface area contributed by atoms with Crippen molar-refractivity contribution in [3.63, 3.8) is 0 Å². The van der Waals surface area contributed by atoms with Crippen molar-refractivity contribution in [2.45, 2.75) is 386 Å². The van der Waals surface area contributed by atoms with Gasteiger partial charge in [-0.15, -0.1) is 0 Å². The molecular formula is C66H129NO5. The van der Waals surface area contributed by atoms with Crippen LogP contribution in [0.5, 0.6) is 0 Å². The first-order valence-corrected chi connectivity index (χ1v) is 32.9. The molecule has 0 radical (unpaired) electrons. The SMILES string of the molecule is CCCCCCCCC/C=C\CCCCCCCC(=O)OCCCCCCCCCCCCCCCCCCCCCCCCCCC(=O)NC(CO)C(O)CCCCCCCCCCCCCCCCC. The summed E-state index contributed by atoms with van der Waals surface area (Å²) in [6.45, 7) is 4.98. The van der Waals surface area contributed by atoms with Crippen LogP contribution in [-0.4, -0.2) is 47.4 Å². The van der Waals surface area contributed by atoms with Crippen LogP contribution in [-0.2, 0) is 14.3 Å². The van der Waals surface area contributed by atoms with Gasteiger partial charge in [-0.3, -0.25) is 9.59 Å². The molecule has 0 spiro atoms. The number of amides is 1. The van der Waals surface area contributed by atoms with Gasteiger partial charge in [-0.25, -0.2) is 0 Å². The summed E-state index contributed by atoms with van der Waals surface area (Å²) in [6, 6.07) is -0.540. The molecule has 6 heteroatoms.